The van der Waals surface area contributed by atoms with Gasteiger partial charge in [-0.15, -0.1) is 0 Å². The largest absolute Gasteiger partial charge is 0.497 e. The standard InChI is InChI=1S/C12H8BrFO3/c1-16-7-2-3-8(10(14)6-7)11(15)12-9(13)4-5-17-12/h2-6H,1H3. The van der Waals surface area contributed by atoms with Crippen molar-refractivity contribution < 1.29 is 18.3 Å². The average molecular weight is 299 g/mol. The van der Waals surface area contributed by atoms with Crippen LogP contribution in [0.3, 0.4) is 0 Å². The molecule has 1 aromatic carbocycles. The van der Waals surface area contributed by atoms with Crippen molar-refractivity contribution in [1.82, 2.24) is 0 Å². The summed E-state index contributed by atoms with van der Waals surface area (Å²) in [4.78, 5) is 11.9. The molecule has 0 radical (unpaired) electrons. The van der Waals surface area contributed by atoms with Crippen LogP contribution in [-0.4, -0.2) is 12.9 Å². The second-order valence-electron chi connectivity index (χ2n) is 3.27. The molecule has 0 spiro atoms. The fourth-order valence-corrected chi connectivity index (χ4v) is 1.77. The second-order valence-corrected chi connectivity index (χ2v) is 4.13. The van der Waals surface area contributed by atoms with Crippen LogP contribution >= 0.6 is 15.9 Å². The molecule has 88 valence electrons. The number of ether oxygens (including phenoxy) is 1. The zero-order chi connectivity index (χ0) is 12.4. The molecule has 0 unspecified atom stereocenters. The lowest BCUT2D eigenvalue weighted by molar-refractivity contribution is 0.100. The van der Waals surface area contributed by atoms with E-state index in [1.54, 1.807) is 6.07 Å². The molecule has 3 nitrogen and oxygen atoms in total. The molecule has 0 aliphatic carbocycles. The number of rotatable bonds is 3. The molecule has 0 aliphatic heterocycles. The first kappa shape index (κ1) is 11.9. The van der Waals surface area contributed by atoms with E-state index in [1.807, 2.05) is 0 Å². The Labute approximate surface area is 105 Å². The molecule has 1 heterocycles. The summed E-state index contributed by atoms with van der Waals surface area (Å²) in [5, 5.41) is 0. The molecule has 5 heteroatoms. The molecule has 0 saturated carbocycles. The zero-order valence-corrected chi connectivity index (χ0v) is 10.5. The highest BCUT2D eigenvalue weighted by molar-refractivity contribution is 9.10. The van der Waals surface area contributed by atoms with Crippen LogP contribution in [0.5, 0.6) is 5.75 Å². The van der Waals surface area contributed by atoms with Crippen LogP contribution < -0.4 is 4.74 Å². The molecular formula is C12H8BrFO3. The molecule has 1 aromatic heterocycles. The zero-order valence-electron chi connectivity index (χ0n) is 8.87. The van der Waals surface area contributed by atoms with E-state index in [4.69, 9.17) is 9.15 Å². The lowest BCUT2D eigenvalue weighted by Crippen LogP contribution is -2.04. The first-order chi connectivity index (χ1) is 8.13. The molecule has 0 fully saturated rings. The minimum absolute atomic E-state index is 0.0542. The van der Waals surface area contributed by atoms with Gasteiger partial charge in [-0.25, -0.2) is 4.39 Å². The van der Waals surface area contributed by atoms with Gasteiger partial charge in [-0.2, -0.15) is 0 Å². The smallest absolute Gasteiger partial charge is 0.232 e. The van der Waals surface area contributed by atoms with Crippen LogP contribution in [0.2, 0.25) is 0 Å². The van der Waals surface area contributed by atoms with E-state index in [2.05, 4.69) is 15.9 Å². The number of furan rings is 1. The van der Waals surface area contributed by atoms with E-state index in [-0.39, 0.29) is 11.3 Å². The third-order valence-electron chi connectivity index (χ3n) is 2.24. The Hall–Kier alpha value is -1.62. The molecule has 2 aromatic rings. The summed E-state index contributed by atoms with van der Waals surface area (Å²) in [6.45, 7) is 0. The fraction of sp³-hybridized carbons (Fsp3) is 0.0833. The van der Waals surface area contributed by atoms with Crippen molar-refractivity contribution in [2.75, 3.05) is 7.11 Å². The predicted molar refractivity (Wildman–Crippen MR) is 62.8 cm³/mol. The number of benzene rings is 1. The summed E-state index contributed by atoms with van der Waals surface area (Å²) in [7, 11) is 1.43. The maximum absolute atomic E-state index is 13.7. The quantitative estimate of drug-likeness (QED) is 0.815. The molecule has 0 atom stereocenters. The monoisotopic (exact) mass is 298 g/mol. The van der Waals surface area contributed by atoms with Crippen molar-refractivity contribution >= 4 is 21.7 Å². The number of halogens is 2. The molecular weight excluding hydrogens is 291 g/mol. The maximum atomic E-state index is 13.7. The minimum atomic E-state index is -0.641. The molecule has 0 N–H and O–H groups in total. The van der Waals surface area contributed by atoms with E-state index in [0.717, 1.165) is 6.07 Å². The van der Waals surface area contributed by atoms with Crippen LogP contribution in [0.1, 0.15) is 16.1 Å². The summed E-state index contributed by atoms with van der Waals surface area (Å²) in [5.74, 6) is -0.716. The van der Waals surface area contributed by atoms with Crippen LogP contribution in [0.4, 0.5) is 4.39 Å². The van der Waals surface area contributed by atoms with Crippen molar-refractivity contribution in [3.8, 4) is 5.75 Å². The van der Waals surface area contributed by atoms with Crippen LogP contribution in [0.25, 0.3) is 0 Å². The van der Waals surface area contributed by atoms with Crippen molar-refractivity contribution in [1.29, 1.82) is 0 Å². The summed E-state index contributed by atoms with van der Waals surface area (Å²) < 4.78 is 24.0. The number of methoxy groups -OCH3 is 1. The topological polar surface area (TPSA) is 39.4 Å². The number of carbonyl (C=O) groups is 1. The van der Waals surface area contributed by atoms with E-state index < -0.39 is 11.6 Å². The van der Waals surface area contributed by atoms with Gasteiger partial charge in [0.1, 0.15) is 11.6 Å². The summed E-state index contributed by atoms with van der Waals surface area (Å²) in [5.41, 5.74) is -0.0542. The van der Waals surface area contributed by atoms with Gasteiger partial charge in [0.15, 0.2) is 5.76 Å². The van der Waals surface area contributed by atoms with Gasteiger partial charge in [0.2, 0.25) is 5.78 Å². The number of hydrogen-bond donors (Lipinski definition) is 0. The van der Waals surface area contributed by atoms with Gasteiger partial charge in [-0.1, -0.05) is 0 Å². The lowest BCUT2D eigenvalue weighted by Gasteiger charge is -2.03. The van der Waals surface area contributed by atoms with E-state index >= 15 is 0 Å². The normalized spacial score (nSPS) is 10.3. The van der Waals surface area contributed by atoms with Gasteiger partial charge in [-0.3, -0.25) is 4.79 Å². The highest BCUT2D eigenvalue weighted by Gasteiger charge is 2.19. The summed E-state index contributed by atoms with van der Waals surface area (Å²) in [6.07, 6.45) is 1.36. The number of carbonyl (C=O) groups excluding carboxylic acids is 1. The lowest BCUT2D eigenvalue weighted by atomic mass is 10.1. The summed E-state index contributed by atoms with van der Waals surface area (Å²) in [6, 6.07) is 5.62. The van der Waals surface area contributed by atoms with E-state index in [1.165, 1.54) is 25.5 Å². The third-order valence-corrected chi connectivity index (χ3v) is 2.87. The fourth-order valence-electron chi connectivity index (χ4n) is 1.39. The molecule has 0 saturated heterocycles. The van der Waals surface area contributed by atoms with Gasteiger partial charge in [0.25, 0.3) is 0 Å². The van der Waals surface area contributed by atoms with Crippen molar-refractivity contribution in [2.24, 2.45) is 0 Å². The highest BCUT2D eigenvalue weighted by Crippen LogP contribution is 2.24. The molecule has 0 aliphatic rings. The predicted octanol–water partition coefficient (Wildman–Crippen LogP) is 3.42. The van der Waals surface area contributed by atoms with Crippen molar-refractivity contribution in [2.45, 2.75) is 0 Å². The third kappa shape index (κ3) is 2.24. The van der Waals surface area contributed by atoms with Gasteiger partial charge >= 0.3 is 0 Å². The highest BCUT2D eigenvalue weighted by atomic mass is 79.9. The van der Waals surface area contributed by atoms with Gasteiger partial charge in [0, 0.05) is 6.07 Å². The van der Waals surface area contributed by atoms with Crippen molar-refractivity contribution in [3.05, 3.63) is 52.1 Å². The SMILES string of the molecule is COc1ccc(C(=O)c2occc2Br)c(F)c1. The molecule has 0 amide bonds. The van der Waals surface area contributed by atoms with E-state index in [0.29, 0.717) is 10.2 Å². The van der Waals surface area contributed by atoms with Crippen molar-refractivity contribution in [3.63, 3.8) is 0 Å². The minimum Gasteiger partial charge on any atom is -0.497 e. The molecule has 17 heavy (non-hydrogen) atoms. The number of hydrogen-bond acceptors (Lipinski definition) is 3. The maximum Gasteiger partial charge on any atom is 0.232 e. The summed E-state index contributed by atoms with van der Waals surface area (Å²) >= 11 is 3.16. The second kappa shape index (κ2) is 4.71. The Morgan fingerprint density at radius 3 is 2.71 bits per heavy atom. The Kier molecular flexibility index (Phi) is 3.28. The van der Waals surface area contributed by atoms with Crippen LogP contribution in [0.15, 0.2) is 39.4 Å². The first-order valence-corrected chi connectivity index (χ1v) is 5.54. The Morgan fingerprint density at radius 1 is 1.41 bits per heavy atom. The van der Waals surface area contributed by atoms with Crippen LogP contribution in [0, 0.1) is 5.82 Å². The van der Waals surface area contributed by atoms with E-state index in [9.17, 15) is 9.18 Å². The van der Waals surface area contributed by atoms with Gasteiger partial charge in [-0.05, 0) is 34.1 Å². The average Bonchev–Trinajstić information content (AvgIpc) is 2.74. The molecule has 2 rings (SSSR count). The van der Waals surface area contributed by atoms with Crippen LogP contribution in [-0.2, 0) is 0 Å². The Morgan fingerprint density at radius 2 is 2.18 bits per heavy atom. The Bertz CT molecular complexity index is 563. The van der Waals surface area contributed by atoms with Gasteiger partial charge < -0.3 is 9.15 Å². The molecule has 0 bridgehead atoms. The first-order valence-electron chi connectivity index (χ1n) is 4.74. The number of ketones is 1. The van der Waals surface area contributed by atoms with Gasteiger partial charge in [0.05, 0.1) is 23.4 Å². The Balaban J connectivity index is 2.41.